The largest absolute Gasteiger partial charge is 0.493 e. The lowest BCUT2D eigenvalue weighted by Crippen LogP contribution is -2.13. The second-order valence-electron chi connectivity index (χ2n) is 15.1. The van der Waals surface area contributed by atoms with Crippen LogP contribution >= 0.6 is 0 Å². The molecule has 0 bridgehead atoms. The van der Waals surface area contributed by atoms with Gasteiger partial charge in [0, 0.05) is 24.2 Å². The number of hydrogen-bond acceptors (Lipinski definition) is 6. The lowest BCUT2D eigenvalue weighted by atomic mass is 9.77. The van der Waals surface area contributed by atoms with Gasteiger partial charge in [0.05, 0.1) is 19.8 Å². The average molecular weight is 737 g/mol. The van der Waals surface area contributed by atoms with Gasteiger partial charge in [-0.3, -0.25) is 0 Å². The fourth-order valence-electron chi connectivity index (χ4n) is 7.57. The van der Waals surface area contributed by atoms with Crippen LogP contribution in [0.5, 0.6) is 5.75 Å². The normalized spacial score (nSPS) is 15.4. The average Bonchev–Trinajstić information content (AvgIpc) is 3.18. The highest BCUT2D eigenvalue weighted by molar-refractivity contribution is 5.87. The van der Waals surface area contributed by atoms with Gasteiger partial charge >= 0.3 is 11.9 Å². The number of esters is 2. The first kappa shape index (κ1) is 42.6. The molecule has 0 unspecified atom stereocenters. The van der Waals surface area contributed by atoms with Crippen LogP contribution in [0.4, 0.5) is 0 Å². The highest BCUT2D eigenvalue weighted by Gasteiger charge is 2.22. The Balaban J connectivity index is 1.59. The minimum absolute atomic E-state index is 0.0333. The maximum atomic E-state index is 12.1. The van der Waals surface area contributed by atoms with Crippen LogP contribution < -0.4 is 4.74 Å². The third-order valence-electron chi connectivity index (χ3n) is 10.7. The Kier molecular flexibility index (Phi) is 17.6. The molecule has 6 heteroatoms. The second kappa shape index (κ2) is 22.3. The third-order valence-corrected chi connectivity index (χ3v) is 10.7. The molecular formula is C48H64O6. The maximum absolute atomic E-state index is 12.1. The quantitative estimate of drug-likeness (QED) is 0.0628. The number of benzene rings is 3. The summed E-state index contributed by atoms with van der Waals surface area (Å²) in [5.41, 5.74) is 10.2. The van der Waals surface area contributed by atoms with Gasteiger partial charge in [0.1, 0.15) is 5.75 Å². The van der Waals surface area contributed by atoms with Crippen molar-refractivity contribution in [2.45, 2.75) is 124 Å². The first-order valence-electron chi connectivity index (χ1n) is 20.4. The lowest BCUT2D eigenvalue weighted by Gasteiger charge is -2.29. The van der Waals surface area contributed by atoms with Gasteiger partial charge < -0.3 is 19.3 Å². The Hall–Kier alpha value is -4.16. The molecule has 6 nitrogen and oxygen atoms in total. The molecule has 0 amide bonds. The minimum atomic E-state index is -0.393. The Labute approximate surface area is 325 Å². The van der Waals surface area contributed by atoms with E-state index < -0.39 is 11.9 Å². The molecule has 54 heavy (non-hydrogen) atoms. The van der Waals surface area contributed by atoms with E-state index in [1.807, 2.05) is 0 Å². The molecule has 1 fully saturated rings. The zero-order chi connectivity index (χ0) is 38.9. The highest BCUT2D eigenvalue weighted by atomic mass is 16.5. The Morgan fingerprint density at radius 3 is 1.80 bits per heavy atom. The molecule has 0 heterocycles. The Morgan fingerprint density at radius 1 is 0.685 bits per heavy atom. The zero-order valence-corrected chi connectivity index (χ0v) is 33.5. The highest BCUT2D eigenvalue weighted by Crippen LogP contribution is 2.39. The van der Waals surface area contributed by atoms with Crippen molar-refractivity contribution in [3.8, 4) is 28.0 Å². The topological polar surface area (TPSA) is 82.1 Å². The van der Waals surface area contributed by atoms with E-state index in [2.05, 4.69) is 81.6 Å². The predicted octanol–water partition coefficient (Wildman–Crippen LogP) is 11.3. The van der Waals surface area contributed by atoms with Crippen LogP contribution in [0.15, 0.2) is 78.9 Å². The molecule has 0 aliphatic heterocycles. The fraction of sp³-hybridized carbons (Fsp3) is 0.500. The van der Waals surface area contributed by atoms with E-state index >= 15 is 0 Å². The van der Waals surface area contributed by atoms with Gasteiger partial charge in [-0.05, 0) is 140 Å². The van der Waals surface area contributed by atoms with Crippen LogP contribution in [-0.2, 0) is 38.3 Å². The van der Waals surface area contributed by atoms with Crippen molar-refractivity contribution in [2.75, 3.05) is 26.4 Å². The van der Waals surface area contributed by atoms with Crippen LogP contribution in [0.1, 0.15) is 126 Å². The van der Waals surface area contributed by atoms with Gasteiger partial charge in [-0.1, -0.05) is 95.2 Å². The number of rotatable bonds is 22. The number of carbonyl (C=O) groups excluding carboxylic acids is 2. The standard InChI is InChI=1S/C48H64O6/c1-7-9-10-14-36-17-19-38(20-18-36)39-21-23-40(24-22-39)41-25-26-45(37(8-2)31-41)44-32-42(15-11-28-53-47(50)34(3)4)46(52-30-13-27-49)43(33-44)16-12-29-54-48(51)35(5)6/h21-26,31-33,36,38,49H,3,5,7-20,27-30H2,1-2,4,6H3. The molecule has 0 atom stereocenters. The fourth-order valence-corrected chi connectivity index (χ4v) is 7.57. The number of aliphatic hydroxyl groups is 1. The number of aryl methyl sites for hydroxylation is 3. The van der Waals surface area contributed by atoms with Crippen LogP contribution in [-0.4, -0.2) is 43.5 Å². The Morgan fingerprint density at radius 2 is 1.26 bits per heavy atom. The number of carbonyl (C=O) groups is 2. The number of hydrogen-bond donors (Lipinski definition) is 1. The first-order chi connectivity index (χ1) is 26.1. The summed E-state index contributed by atoms with van der Waals surface area (Å²) in [5, 5.41) is 9.50. The second-order valence-corrected chi connectivity index (χ2v) is 15.1. The molecule has 1 aliphatic rings. The summed E-state index contributed by atoms with van der Waals surface area (Å²) in [6, 6.07) is 20.5. The van der Waals surface area contributed by atoms with Gasteiger partial charge in [0.25, 0.3) is 0 Å². The van der Waals surface area contributed by atoms with Crippen molar-refractivity contribution >= 4 is 11.9 Å². The van der Waals surface area contributed by atoms with Crippen molar-refractivity contribution in [3.05, 3.63) is 101 Å². The number of ether oxygens (including phenoxy) is 3. The van der Waals surface area contributed by atoms with Crippen LogP contribution in [0.25, 0.3) is 22.3 Å². The maximum Gasteiger partial charge on any atom is 0.333 e. The zero-order valence-electron chi connectivity index (χ0n) is 33.5. The molecule has 1 saturated carbocycles. The van der Waals surface area contributed by atoms with Gasteiger partial charge in [-0.25, -0.2) is 9.59 Å². The van der Waals surface area contributed by atoms with Gasteiger partial charge in [0.2, 0.25) is 0 Å². The monoisotopic (exact) mass is 736 g/mol. The number of aliphatic hydroxyl groups excluding tert-OH is 1. The van der Waals surface area contributed by atoms with E-state index in [4.69, 9.17) is 14.2 Å². The smallest absolute Gasteiger partial charge is 0.333 e. The SMILES string of the molecule is C=C(C)C(=O)OCCCc1cc(-c2ccc(-c3ccc(C4CCC(CCCCC)CC4)cc3)cc2CC)cc(CCCOC(=O)C(=C)C)c1OCCCO. The summed E-state index contributed by atoms with van der Waals surface area (Å²) < 4.78 is 17.2. The van der Waals surface area contributed by atoms with Gasteiger partial charge in [-0.15, -0.1) is 0 Å². The number of unbranched alkanes of at least 4 members (excludes halogenated alkanes) is 2. The molecular weight excluding hydrogens is 673 g/mol. The summed E-state index contributed by atoms with van der Waals surface area (Å²) in [4.78, 5) is 24.1. The van der Waals surface area contributed by atoms with Crippen LogP contribution in [0, 0.1) is 5.92 Å². The molecule has 0 radical (unpaired) electrons. The van der Waals surface area contributed by atoms with Crippen molar-refractivity contribution in [1.29, 1.82) is 0 Å². The van der Waals surface area contributed by atoms with Crippen molar-refractivity contribution in [3.63, 3.8) is 0 Å². The van der Waals surface area contributed by atoms with Crippen LogP contribution in [0.2, 0.25) is 0 Å². The molecule has 1 aliphatic carbocycles. The molecule has 4 rings (SSSR count). The van der Waals surface area contributed by atoms with E-state index in [0.717, 1.165) is 34.8 Å². The first-order valence-corrected chi connectivity index (χ1v) is 20.4. The van der Waals surface area contributed by atoms with Gasteiger partial charge in [-0.2, -0.15) is 0 Å². The molecule has 1 N–H and O–H groups in total. The molecule has 0 aromatic heterocycles. The molecule has 0 saturated heterocycles. The van der Waals surface area contributed by atoms with E-state index in [1.165, 1.54) is 79.2 Å². The molecule has 3 aromatic carbocycles. The van der Waals surface area contributed by atoms with Gasteiger partial charge in [0.15, 0.2) is 0 Å². The van der Waals surface area contributed by atoms with E-state index in [-0.39, 0.29) is 19.8 Å². The molecule has 0 spiro atoms. The Bertz CT molecular complexity index is 1620. The lowest BCUT2D eigenvalue weighted by molar-refractivity contribution is -0.139. The predicted molar refractivity (Wildman–Crippen MR) is 221 cm³/mol. The van der Waals surface area contributed by atoms with Crippen molar-refractivity contribution < 1.29 is 28.9 Å². The van der Waals surface area contributed by atoms with Crippen molar-refractivity contribution in [1.82, 2.24) is 0 Å². The summed E-state index contributed by atoms with van der Waals surface area (Å²) in [5.74, 6) is 1.58. The summed E-state index contributed by atoms with van der Waals surface area (Å²) in [6.07, 6.45) is 14.7. The summed E-state index contributed by atoms with van der Waals surface area (Å²) >= 11 is 0. The van der Waals surface area contributed by atoms with E-state index in [0.29, 0.717) is 55.8 Å². The molecule has 3 aromatic rings. The van der Waals surface area contributed by atoms with Crippen LogP contribution in [0.3, 0.4) is 0 Å². The van der Waals surface area contributed by atoms with Crippen molar-refractivity contribution in [2.24, 2.45) is 5.92 Å². The van der Waals surface area contributed by atoms with E-state index in [9.17, 15) is 14.7 Å². The minimum Gasteiger partial charge on any atom is -0.493 e. The summed E-state index contributed by atoms with van der Waals surface area (Å²) in [6.45, 7) is 16.1. The van der Waals surface area contributed by atoms with E-state index in [1.54, 1.807) is 13.8 Å². The summed E-state index contributed by atoms with van der Waals surface area (Å²) in [7, 11) is 0. The third kappa shape index (κ3) is 12.7. The molecule has 292 valence electrons.